The largest absolute Gasteiger partial charge is 0.331 e. The predicted octanol–water partition coefficient (Wildman–Crippen LogP) is 4.66. The van der Waals surface area contributed by atoms with Gasteiger partial charge in [-0.3, -0.25) is 12.5 Å². The van der Waals surface area contributed by atoms with E-state index in [0.29, 0.717) is 6.07 Å². The summed E-state index contributed by atoms with van der Waals surface area (Å²) in [5.41, 5.74) is 0. The molecule has 0 atom stereocenters. The zero-order chi connectivity index (χ0) is 33.4. The standard InChI is InChI=1S/C19H14F12O9S3/c20-14(21)17(26,27)6-38-41(32,33)11-5-9-3-1-2-4-10(9)12(42(34,35)39-7-18(28,29)15(22)23)13(11)43(36,37)40-8-19(30,31)16(24)25/h1-5,14-16H,6-8H2. The van der Waals surface area contributed by atoms with E-state index in [4.69, 9.17) is 0 Å². The average Bonchev–Trinajstić information content (AvgIpc) is 2.88. The van der Waals surface area contributed by atoms with Crippen molar-refractivity contribution in [2.24, 2.45) is 0 Å². The van der Waals surface area contributed by atoms with Crippen LogP contribution in [0.3, 0.4) is 0 Å². The highest BCUT2D eigenvalue weighted by Crippen LogP contribution is 2.40. The monoisotopic (exact) mass is 710 g/mol. The van der Waals surface area contributed by atoms with Crippen LogP contribution in [0, 0.1) is 0 Å². The smallest absolute Gasteiger partial charge is 0.260 e. The molecule has 2 aromatic carbocycles. The summed E-state index contributed by atoms with van der Waals surface area (Å²) in [4.78, 5) is -6.77. The molecule has 2 aromatic rings. The third-order valence-corrected chi connectivity index (χ3v) is 9.12. The Balaban J connectivity index is 2.98. The second-order valence-corrected chi connectivity index (χ2v) is 12.8. The molecule has 246 valence electrons. The summed E-state index contributed by atoms with van der Waals surface area (Å²) in [6.07, 6.45) is -13.8. The minimum atomic E-state index is -6.49. The maximum Gasteiger partial charge on any atom is 0.331 e. The maximum atomic E-state index is 13.4. The SMILES string of the molecule is O=S(=O)(OCC(F)(F)C(F)F)c1cc2ccccc2c(S(=O)(=O)OCC(F)(F)C(F)F)c1S(=O)(=O)OCC(F)(F)C(F)F. The van der Waals surface area contributed by atoms with Crippen molar-refractivity contribution < 1.29 is 90.5 Å². The van der Waals surface area contributed by atoms with Crippen molar-refractivity contribution in [3.8, 4) is 0 Å². The van der Waals surface area contributed by atoms with Crippen LogP contribution in [-0.2, 0) is 42.9 Å². The van der Waals surface area contributed by atoms with Crippen LogP contribution >= 0.6 is 0 Å². The summed E-state index contributed by atoms with van der Waals surface area (Å²) in [7, 11) is -19.0. The lowest BCUT2D eigenvalue weighted by Crippen LogP contribution is -2.35. The molecular formula is C19H14F12O9S3. The van der Waals surface area contributed by atoms with E-state index in [1.807, 2.05) is 0 Å². The van der Waals surface area contributed by atoms with Crippen LogP contribution in [0.5, 0.6) is 0 Å². The molecule has 0 aliphatic rings. The predicted molar refractivity (Wildman–Crippen MR) is 116 cm³/mol. The highest BCUT2D eigenvalue weighted by molar-refractivity contribution is 7.91. The Kier molecular flexibility index (Phi) is 10.7. The summed E-state index contributed by atoms with van der Waals surface area (Å²) in [6, 6.07) is 3.26. The lowest BCUT2D eigenvalue weighted by Gasteiger charge is -2.21. The number of halogens is 12. The molecule has 43 heavy (non-hydrogen) atoms. The molecule has 0 aliphatic heterocycles. The summed E-state index contributed by atoms with van der Waals surface area (Å²) in [5.74, 6) is -15.9. The van der Waals surface area contributed by atoms with E-state index >= 15 is 0 Å². The van der Waals surface area contributed by atoms with Crippen LogP contribution < -0.4 is 0 Å². The summed E-state index contributed by atoms with van der Waals surface area (Å²) >= 11 is 0. The molecule has 0 radical (unpaired) electrons. The fourth-order valence-corrected chi connectivity index (χ4v) is 7.40. The zero-order valence-electron chi connectivity index (χ0n) is 20.2. The van der Waals surface area contributed by atoms with Crippen molar-refractivity contribution in [2.75, 3.05) is 19.8 Å². The van der Waals surface area contributed by atoms with Crippen molar-refractivity contribution in [1.29, 1.82) is 0 Å². The molecule has 0 unspecified atom stereocenters. The van der Waals surface area contributed by atoms with Gasteiger partial charge in [-0.1, -0.05) is 24.3 Å². The Morgan fingerprint density at radius 1 is 0.558 bits per heavy atom. The van der Waals surface area contributed by atoms with Crippen molar-refractivity contribution in [3.63, 3.8) is 0 Å². The summed E-state index contributed by atoms with van der Waals surface area (Å²) < 4.78 is 244. The number of hydrogen-bond acceptors (Lipinski definition) is 9. The van der Waals surface area contributed by atoms with E-state index < -0.39 is 113 Å². The maximum absolute atomic E-state index is 13.4. The normalized spacial score (nSPS) is 14.4. The van der Waals surface area contributed by atoms with Gasteiger partial charge in [0.2, 0.25) is 0 Å². The number of rotatable bonds is 15. The van der Waals surface area contributed by atoms with Gasteiger partial charge in [-0.15, -0.1) is 0 Å². The van der Waals surface area contributed by atoms with Crippen LogP contribution in [-0.4, -0.2) is 82.1 Å². The molecule has 0 heterocycles. The van der Waals surface area contributed by atoms with Crippen molar-refractivity contribution in [1.82, 2.24) is 0 Å². The van der Waals surface area contributed by atoms with E-state index in [1.165, 1.54) is 0 Å². The van der Waals surface area contributed by atoms with Gasteiger partial charge in [0.25, 0.3) is 30.4 Å². The molecular weight excluding hydrogens is 696 g/mol. The lowest BCUT2D eigenvalue weighted by atomic mass is 10.1. The molecule has 0 amide bonds. The third-order valence-electron chi connectivity index (χ3n) is 4.87. The van der Waals surface area contributed by atoms with Crippen LogP contribution in [0.25, 0.3) is 10.8 Å². The quantitative estimate of drug-likeness (QED) is 0.192. The molecule has 0 bridgehead atoms. The van der Waals surface area contributed by atoms with Crippen LogP contribution in [0.4, 0.5) is 52.7 Å². The third kappa shape index (κ3) is 8.40. The van der Waals surface area contributed by atoms with E-state index in [9.17, 15) is 77.9 Å². The van der Waals surface area contributed by atoms with E-state index in [1.54, 1.807) is 0 Å². The second kappa shape index (κ2) is 12.5. The highest BCUT2D eigenvalue weighted by atomic mass is 32.2. The topological polar surface area (TPSA) is 130 Å². The van der Waals surface area contributed by atoms with E-state index in [0.717, 1.165) is 18.2 Å². The van der Waals surface area contributed by atoms with Gasteiger partial charge in [0.1, 0.15) is 34.5 Å². The molecule has 0 spiro atoms. The van der Waals surface area contributed by atoms with E-state index in [2.05, 4.69) is 12.5 Å². The first-order valence-corrected chi connectivity index (χ1v) is 14.7. The van der Waals surface area contributed by atoms with Gasteiger partial charge in [0.15, 0.2) is 0 Å². The molecule has 0 aromatic heterocycles. The zero-order valence-corrected chi connectivity index (χ0v) is 22.6. The van der Waals surface area contributed by atoms with Gasteiger partial charge < -0.3 is 0 Å². The minimum Gasteiger partial charge on any atom is -0.260 e. The van der Waals surface area contributed by atoms with Gasteiger partial charge in [-0.05, 0) is 11.5 Å². The highest BCUT2D eigenvalue weighted by Gasteiger charge is 2.48. The summed E-state index contributed by atoms with van der Waals surface area (Å²) in [6.45, 7) is -8.34. The Morgan fingerprint density at radius 3 is 1.30 bits per heavy atom. The lowest BCUT2D eigenvalue weighted by molar-refractivity contribution is -0.147. The first-order chi connectivity index (χ1) is 19.3. The molecule has 0 aliphatic carbocycles. The molecule has 2 rings (SSSR count). The average molecular weight is 710 g/mol. The Morgan fingerprint density at radius 2 is 0.907 bits per heavy atom. The number of fused-ring (bicyclic) bond motifs is 1. The minimum absolute atomic E-state index is 0.0828. The molecule has 24 heteroatoms. The fourth-order valence-electron chi connectivity index (χ4n) is 2.78. The first kappa shape index (κ1) is 36.8. The van der Waals surface area contributed by atoms with Gasteiger partial charge in [-0.2, -0.15) is 51.6 Å². The fraction of sp³-hybridized carbons (Fsp3) is 0.474. The first-order valence-electron chi connectivity index (χ1n) is 10.5. The van der Waals surface area contributed by atoms with Crippen LogP contribution in [0.15, 0.2) is 45.0 Å². The van der Waals surface area contributed by atoms with Gasteiger partial charge in [-0.25, -0.2) is 26.3 Å². The van der Waals surface area contributed by atoms with Gasteiger partial charge >= 0.3 is 37.0 Å². The van der Waals surface area contributed by atoms with Crippen molar-refractivity contribution >= 4 is 41.1 Å². The number of hydrogen-bond donors (Lipinski definition) is 0. The van der Waals surface area contributed by atoms with Crippen molar-refractivity contribution in [3.05, 3.63) is 30.3 Å². The Hall–Kier alpha value is -2.41. The molecule has 0 saturated carbocycles. The van der Waals surface area contributed by atoms with Gasteiger partial charge in [0, 0.05) is 5.39 Å². The van der Waals surface area contributed by atoms with Crippen LogP contribution in [0.1, 0.15) is 0 Å². The Bertz CT molecular complexity index is 1650. The summed E-state index contributed by atoms with van der Waals surface area (Å²) in [5, 5.41) is -1.81. The molecule has 0 saturated heterocycles. The number of alkyl halides is 12. The second-order valence-electron chi connectivity index (χ2n) is 8.09. The molecule has 0 N–H and O–H groups in total. The molecule has 0 fully saturated rings. The van der Waals surface area contributed by atoms with Gasteiger partial charge in [0.05, 0.1) is 0 Å². The Labute approximate surface area is 233 Å². The van der Waals surface area contributed by atoms with E-state index in [-0.39, 0.29) is 6.07 Å². The van der Waals surface area contributed by atoms with Crippen LogP contribution in [0.2, 0.25) is 0 Å². The number of benzene rings is 2. The van der Waals surface area contributed by atoms with Crippen molar-refractivity contribution in [2.45, 2.75) is 51.7 Å². The molecule has 9 nitrogen and oxygen atoms in total.